The van der Waals surface area contributed by atoms with Gasteiger partial charge in [0.15, 0.2) is 11.5 Å². The Bertz CT molecular complexity index is 1810. The minimum Gasteiger partial charge on any atom is -0.381 e. The van der Waals surface area contributed by atoms with Crippen molar-refractivity contribution in [3.63, 3.8) is 0 Å². The van der Waals surface area contributed by atoms with Gasteiger partial charge < -0.3 is 11.1 Å². The number of para-hydroxylation sites is 1. The molecule has 1 amide bonds. The predicted octanol–water partition coefficient (Wildman–Crippen LogP) is 4.66. The number of alkyl halides is 3. The van der Waals surface area contributed by atoms with Crippen LogP contribution in [0.25, 0.3) is 22.1 Å². The molecule has 0 radical (unpaired) electrons. The molecule has 0 saturated carbocycles. The first kappa shape index (κ1) is 26.9. The Hall–Kier alpha value is -5.11. The second-order valence-corrected chi connectivity index (χ2v) is 8.41. The quantitative estimate of drug-likeness (QED) is 0.328. The lowest BCUT2D eigenvalue weighted by Crippen LogP contribution is -2.32. The molecule has 3 heterocycles. The highest BCUT2D eigenvalue weighted by Crippen LogP contribution is 2.25. The van der Waals surface area contributed by atoms with Crippen molar-refractivity contribution in [1.82, 2.24) is 24.5 Å². The van der Waals surface area contributed by atoms with Crippen LogP contribution in [0.2, 0.25) is 0 Å². The maximum atomic E-state index is 13.8. The molecule has 2 aromatic carbocycles. The van der Waals surface area contributed by atoms with E-state index in [4.69, 9.17) is 5.73 Å². The molecule has 1 atom stereocenters. The van der Waals surface area contributed by atoms with Crippen molar-refractivity contribution in [2.75, 3.05) is 5.73 Å². The number of fused-ring (bicyclic) bond motifs is 2. The van der Waals surface area contributed by atoms with Crippen LogP contribution in [0, 0.1) is 11.8 Å². The highest BCUT2D eigenvalue weighted by atomic mass is 19.4. The van der Waals surface area contributed by atoms with E-state index in [0.29, 0.717) is 16.8 Å². The highest BCUT2D eigenvalue weighted by molar-refractivity contribution is 6.04. The second kappa shape index (κ2) is 10.3. The van der Waals surface area contributed by atoms with Gasteiger partial charge in [-0.1, -0.05) is 43.7 Å². The summed E-state index contributed by atoms with van der Waals surface area (Å²) in [6, 6.07) is 15.6. The number of anilines is 1. The molecule has 3 N–H and O–H groups in total. The molecular formula is C28H23F3N6O2. The lowest BCUT2D eigenvalue weighted by molar-refractivity contribution is -0.0696. The van der Waals surface area contributed by atoms with Crippen LogP contribution in [-0.2, 0) is 0 Å². The predicted molar refractivity (Wildman–Crippen MR) is 142 cm³/mol. The van der Waals surface area contributed by atoms with Crippen LogP contribution >= 0.6 is 0 Å². The number of carbonyl (C=O) groups excluding carboxylic acids is 1. The Morgan fingerprint density at radius 2 is 1.85 bits per heavy atom. The van der Waals surface area contributed by atoms with Gasteiger partial charge in [-0.3, -0.25) is 14.2 Å². The fourth-order valence-electron chi connectivity index (χ4n) is 4.25. The van der Waals surface area contributed by atoms with E-state index >= 15 is 0 Å². The van der Waals surface area contributed by atoms with E-state index in [1.54, 1.807) is 61.7 Å². The van der Waals surface area contributed by atoms with Gasteiger partial charge in [-0.25, -0.2) is 9.50 Å². The lowest BCUT2D eigenvalue weighted by atomic mass is 10.0. The van der Waals surface area contributed by atoms with Crippen LogP contribution in [0.3, 0.4) is 0 Å². The smallest absolute Gasteiger partial charge is 0.381 e. The molecule has 0 aliphatic rings. The van der Waals surface area contributed by atoms with Crippen LogP contribution < -0.4 is 16.6 Å². The Morgan fingerprint density at radius 3 is 2.56 bits per heavy atom. The molecule has 0 aliphatic carbocycles. The van der Waals surface area contributed by atoms with E-state index < -0.39 is 23.7 Å². The number of rotatable bonds is 4. The number of aromatic nitrogens is 4. The monoisotopic (exact) mass is 532 g/mol. The number of pyridine rings is 1. The number of halogens is 3. The molecule has 198 valence electrons. The van der Waals surface area contributed by atoms with Crippen LogP contribution in [0.1, 0.15) is 42.0 Å². The number of nitrogens with two attached hydrogens (primary N) is 1. The van der Waals surface area contributed by atoms with E-state index in [2.05, 4.69) is 21.3 Å². The van der Waals surface area contributed by atoms with Crippen molar-refractivity contribution < 1.29 is 18.0 Å². The topological polar surface area (TPSA) is 107 Å². The zero-order chi connectivity index (χ0) is 27.0. The third-order valence-electron chi connectivity index (χ3n) is 5.87. The van der Waals surface area contributed by atoms with Crippen LogP contribution in [0.5, 0.6) is 0 Å². The number of amides is 1. The molecule has 5 aromatic rings. The summed E-state index contributed by atoms with van der Waals surface area (Å²) < 4.78 is 41.1. The number of nitrogen functional groups attached to an aromatic ring is 1. The zero-order valence-corrected chi connectivity index (χ0v) is 19.8. The molecule has 0 fully saturated rings. The van der Waals surface area contributed by atoms with Crippen LogP contribution in [-0.4, -0.2) is 31.2 Å². The molecule has 5 rings (SSSR count). The molecular weight excluding hydrogens is 509 g/mol. The van der Waals surface area contributed by atoms with Crippen molar-refractivity contribution in [2.24, 2.45) is 0 Å². The molecule has 11 heteroatoms. The standard InChI is InChI=1S/C27H19F3N6O2.CH4/c1-16(33-25(37)22-23(31)34-35-14-6-13-32-24(22)35)20-15-18-8-5-7-17(11-12-27(28,29)30)21(18)26(38)36(20)19-9-3-2-4-10-19;/h2-10,13-16H,1H3,(H2,31,34)(H,33,37);1H4/t16-;/m0./s1. The van der Waals surface area contributed by atoms with Gasteiger partial charge in [0.05, 0.1) is 11.4 Å². The van der Waals surface area contributed by atoms with E-state index in [9.17, 15) is 22.8 Å². The van der Waals surface area contributed by atoms with Gasteiger partial charge in [-0.05, 0) is 42.6 Å². The van der Waals surface area contributed by atoms with Crippen molar-refractivity contribution >= 4 is 28.1 Å². The fraction of sp³-hybridized carbons (Fsp3) is 0.143. The first-order chi connectivity index (χ1) is 18.1. The van der Waals surface area contributed by atoms with Crippen molar-refractivity contribution in [1.29, 1.82) is 0 Å². The summed E-state index contributed by atoms with van der Waals surface area (Å²) in [6.07, 6.45) is -1.60. The summed E-state index contributed by atoms with van der Waals surface area (Å²) in [4.78, 5) is 31.2. The maximum Gasteiger partial charge on any atom is 0.458 e. The minimum absolute atomic E-state index is 0. The van der Waals surface area contributed by atoms with E-state index in [-0.39, 0.29) is 35.4 Å². The molecule has 8 nitrogen and oxygen atoms in total. The summed E-state index contributed by atoms with van der Waals surface area (Å²) in [7, 11) is 0. The average Bonchev–Trinajstić information content (AvgIpc) is 3.23. The zero-order valence-electron chi connectivity index (χ0n) is 19.8. The van der Waals surface area contributed by atoms with Crippen molar-refractivity contribution in [2.45, 2.75) is 26.6 Å². The third kappa shape index (κ3) is 5.17. The Kier molecular flexibility index (Phi) is 7.14. The first-order valence-corrected chi connectivity index (χ1v) is 11.4. The number of hydrogen-bond acceptors (Lipinski definition) is 5. The first-order valence-electron chi connectivity index (χ1n) is 11.4. The third-order valence-corrected chi connectivity index (χ3v) is 5.87. The van der Waals surface area contributed by atoms with Crippen LogP contribution in [0.15, 0.2) is 77.9 Å². The number of nitrogens with zero attached hydrogens (tertiary/aromatic N) is 4. The van der Waals surface area contributed by atoms with Gasteiger partial charge >= 0.3 is 6.18 Å². The maximum absolute atomic E-state index is 13.8. The van der Waals surface area contributed by atoms with E-state index in [1.807, 2.05) is 0 Å². The number of carbonyl (C=O) groups is 1. The van der Waals surface area contributed by atoms with Gasteiger partial charge in [-0.2, -0.15) is 13.2 Å². The van der Waals surface area contributed by atoms with Gasteiger partial charge in [0.25, 0.3) is 11.5 Å². The van der Waals surface area contributed by atoms with Crippen molar-refractivity contribution in [3.05, 3.63) is 100 Å². The summed E-state index contributed by atoms with van der Waals surface area (Å²) in [5.41, 5.74) is 6.56. The normalized spacial score (nSPS) is 11.9. The molecule has 0 bridgehead atoms. The SMILES string of the molecule is C.C[C@H](NC(=O)c1c(N)nn2cccnc12)c1cc2cccc(C#CC(F)(F)F)c2c(=O)n1-c1ccccc1. The molecule has 3 aromatic heterocycles. The molecule has 0 unspecified atom stereocenters. The molecule has 0 spiro atoms. The average molecular weight is 533 g/mol. The number of nitrogens with one attached hydrogen (secondary N) is 1. The van der Waals surface area contributed by atoms with Gasteiger partial charge in [0, 0.05) is 35.3 Å². The second-order valence-electron chi connectivity index (χ2n) is 8.41. The number of benzene rings is 2. The largest absolute Gasteiger partial charge is 0.458 e. The Morgan fingerprint density at radius 1 is 1.10 bits per heavy atom. The van der Waals surface area contributed by atoms with Crippen molar-refractivity contribution in [3.8, 4) is 17.5 Å². The van der Waals surface area contributed by atoms with E-state index in [0.717, 1.165) is 0 Å². The summed E-state index contributed by atoms with van der Waals surface area (Å²) >= 11 is 0. The highest BCUT2D eigenvalue weighted by Gasteiger charge is 2.25. The summed E-state index contributed by atoms with van der Waals surface area (Å²) in [5.74, 6) is 2.75. The Balaban J connectivity index is 0.00000353. The minimum atomic E-state index is -4.71. The van der Waals surface area contributed by atoms with Gasteiger partial charge in [-0.15, -0.1) is 5.10 Å². The molecule has 39 heavy (non-hydrogen) atoms. The lowest BCUT2D eigenvalue weighted by Gasteiger charge is -2.21. The van der Waals surface area contributed by atoms with Crippen LogP contribution in [0.4, 0.5) is 19.0 Å². The van der Waals surface area contributed by atoms with E-state index in [1.165, 1.54) is 33.3 Å². The van der Waals surface area contributed by atoms with Gasteiger partial charge in [0.2, 0.25) is 0 Å². The summed E-state index contributed by atoms with van der Waals surface area (Å²) in [6.45, 7) is 1.68. The molecule has 0 aliphatic heterocycles. The number of hydrogen-bond donors (Lipinski definition) is 2. The molecule has 0 saturated heterocycles. The summed E-state index contributed by atoms with van der Waals surface area (Å²) in [5, 5.41) is 7.36. The fourth-order valence-corrected chi connectivity index (χ4v) is 4.25. The van der Waals surface area contributed by atoms with Gasteiger partial charge in [0.1, 0.15) is 5.56 Å². The Labute approximate surface area is 220 Å².